The molecule has 0 aliphatic carbocycles. The molecular formula is C25H25F2N3O3S. The average molecular weight is 486 g/mol. The number of hydrogen-bond donors (Lipinski definition) is 1. The highest BCUT2D eigenvalue weighted by Gasteiger charge is 2.29. The Morgan fingerprint density at radius 3 is 1.82 bits per heavy atom. The minimum atomic E-state index is -3.94. The lowest BCUT2D eigenvalue weighted by Crippen LogP contribution is -2.49. The number of sulfonamides is 1. The van der Waals surface area contributed by atoms with Gasteiger partial charge < -0.3 is 4.90 Å². The van der Waals surface area contributed by atoms with Crippen molar-refractivity contribution in [3.8, 4) is 0 Å². The molecule has 2 N–H and O–H groups in total. The summed E-state index contributed by atoms with van der Waals surface area (Å²) in [6.45, 7) is 3.50. The van der Waals surface area contributed by atoms with Gasteiger partial charge in [0.2, 0.25) is 10.0 Å². The molecule has 0 bridgehead atoms. The third kappa shape index (κ3) is 5.16. The number of nitrogens with two attached hydrogens (primary N) is 1. The summed E-state index contributed by atoms with van der Waals surface area (Å²) in [5.41, 5.74) is 2.47. The van der Waals surface area contributed by atoms with E-state index in [1.54, 1.807) is 48.2 Å². The molecule has 4 rings (SSSR count). The van der Waals surface area contributed by atoms with Gasteiger partial charge in [-0.25, -0.2) is 22.3 Å². The molecule has 1 fully saturated rings. The van der Waals surface area contributed by atoms with Crippen molar-refractivity contribution in [1.29, 1.82) is 0 Å². The van der Waals surface area contributed by atoms with Gasteiger partial charge in [0, 0.05) is 31.7 Å². The average Bonchev–Trinajstić information content (AvgIpc) is 2.81. The lowest BCUT2D eigenvalue weighted by molar-refractivity contribution is 0.0597. The quantitative estimate of drug-likeness (QED) is 0.600. The maximum absolute atomic E-state index is 13.5. The third-order valence-electron chi connectivity index (χ3n) is 6.08. The fourth-order valence-electron chi connectivity index (χ4n) is 4.31. The minimum absolute atomic E-state index is 0.0651. The van der Waals surface area contributed by atoms with Gasteiger partial charge in [-0.1, -0.05) is 30.3 Å². The first kappa shape index (κ1) is 24.0. The van der Waals surface area contributed by atoms with E-state index in [-0.39, 0.29) is 34.0 Å². The molecule has 0 spiro atoms. The highest BCUT2D eigenvalue weighted by atomic mass is 32.2. The van der Waals surface area contributed by atoms with Gasteiger partial charge in [0.25, 0.3) is 5.91 Å². The van der Waals surface area contributed by atoms with Gasteiger partial charge in [-0.3, -0.25) is 9.69 Å². The van der Waals surface area contributed by atoms with Crippen LogP contribution in [0.1, 0.15) is 33.1 Å². The second-order valence-corrected chi connectivity index (χ2v) is 9.89. The van der Waals surface area contributed by atoms with Crippen LogP contribution in [0.2, 0.25) is 0 Å². The summed E-state index contributed by atoms with van der Waals surface area (Å²) in [4.78, 5) is 16.8. The Balaban J connectivity index is 1.54. The van der Waals surface area contributed by atoms with Gasteiger partial charge in [-0.15, -0.1) is 0 Å². The van der Waals surface area contributed by atoms with Gasteiger partial charge in [-0.05, 0) is 60.0 Å². The molecule has 9 heteroatoms. The number of rotatable bonds is 5. The Kier molecular flexibility index (Phi) is 6.79. The number of nitrogens with zero attached hydrogens (tertiary/aromatic N) is 2. The molecule has 3 aromatic carbocycles. The fourth-order valence-corrected chi connectivity index (χ4v) is 5.12. The Hall–Kier alpha value is -3.14. The summed E-state index contributed by atoms with van der Waals surface area (Å²) in [5, 5.41) is 5.28. The van der Waals surface area contributed by atoms with Gasteiger partial charge in [0.1, 0.15) is 11.6 Å². The molecular weight excluding hydrogens is 460 g/mol. The predicted octanol–water partition coefficient (Wildman–Crippen LogP) is 3.47. The normalized spacial score (nSPS) is 15.0. The Bertz CT molecular complexity index is 1240. The number of carbonyl (C=O) groups excluding carboxylic acids is 1. The second kappa shape index (κ2) is 9.61. The molecule has 6 nitrogen and oxygen atoms in total. The fraction of sp³-hybridized carbons (Fsp3) is 0.240. The number of carbonyl (C=O) groups is 1. The van der Waals surface area contributed by atoms with E-state index in [0.29, 0.717) is 31.7 Å². The Labute approximate surface area is 197 Å². The second-order valence-electron chi connectivity index (χ2n) is 8.36. The number of primary sulfonamides is 1. The molecule has 34 heavy (non-hydrogen) atoms. The van der Waals surface area contributed by atoms with Crippen molar-refractivity contribution in [1.82, 2.24) is 9.80 Å². The molecule has 1 aliphatic rings. The molecule has 0 aromatic heterocycles. The monoisotopic (exact) mass is 485 g/mol. The van der Waals surface area contributed by atoms with Crippen molar-refractivity contribution in [3.05, 3.63) is 101 Å². The van der Waals surface area contributed by atoms with Crippen molar-refractivity contribution >= 4 is 15.9 Å². The highest BCUT2D eigenvalue weighted by Crippen LogP contribution is 2.30. The van der Waals surface area contributed by atoms with E-state index >= 15 is 0 Å². The smallest absolute Gasteiger partial charge is 0.253 e. The van der Waals surface area contributed by atoms with E-state index in [1.807, 2.05) is 0 Å². The van der Waals surface area contributed by atoms with Crippen molar-refractivity contribution in [2.75, 3.05) is 26.2 Å². The zero-order valence-corrected chi connectivity index (χ0v) is 19.4. The van der Waals surface area contributed by atoms with E-state index < -0.39 is 10.0 Å². The first-order chi connectivity index (χ1) is 16.1. The predicted molar refractivity (Wildman–Crippen MR) is 125 cm³/mol. The molecule has 1 aliphatic heterocycles. The van der Waals surface area contributed by atoms with Crippen LogP contribution in [0.3, 0.4) is 0 Å². The van der Waals surface area contributed by atoms with E-state index in [9.17, 15) is 22.0 Å². The van der Waals surface area contributed by atoms with Crippen LogP contribution in [-0.4, -0.2) is 50.3 Å². The zero-order chi connectivity index (χ0) is 24.5. The summed E-state index contributed by atoms with van der Waals surface area (Å²) in [6, 6.07) is 16.7. The number of hydrogen-bond acceptors (Lipinski definition) is 4. The van der Waals surface area contributed by atoms with Crippen LogP contribution >= 0.6 is 0 Å². The van der Waals surface area contributed by atoms with E-state index in [4.69, 9.17) is 5.14 Å². The number of benzene rings is 3. The Morgan fingerprint density at radius 1 is 0.853 bits per heavy atom. The maximum atomic E-state index is 13.5. The van der Waals surface area contributed by atoms with Gasteiger partial charge >= 0.3 is 0 Å². The first-order valence-corrected chi connectivity index (χ1v) is 12.4. The van der Waals surface area contributed by atoms with Crippen molar-refractivity contribution < 1.29 is 22.0 Å². The SMILES string of the molecule is Cc1ccc(C(=O)N2CCN(C(c3ccc(F)cc3)c3ccc(F)cc3)CC2)cc1S(N)(=O)=O. The summed E-state index contributed by atoms with van der Waals surface area (Å²) < 4.78 is 50.7. The number of halogens is 2. The maximum Gasteiger partial charge on any atom is 0.253 e. The van der Waals surface area contributed by atoms with Crippen molar-refractivity contribution in [2.24, 2.45) is 5.14 Å². The lowest BCUT2D eigenvalue weighted by Gasteiger charge is -2.40. The molecule has 0 saturated carbocycles. The van der Waals surface area contributed by atoms with Crippen LogP contribution in [0.15, 0.2) is 71.6 Å². The summed E-state index contributed by atoms with van der Waals surface area (Å²) in [7, 11) is -3.94. The molecule has 1 amide bonds. The van der Waals surface area contributed by atoms with Crippen LogP contribution in [-0.2, 0) is 10.0 Å². The van der Waals surface area contributed by atoms with Crippen LogP contribution in [0, 0.1) is 18.6 Å². The van der Waals surface area contributed by atoms with Crippen molar-refractivity contribution in [2.45, 2.75) is 17.9 Å². The lowest BCUT2D eigenvalue weighted by atomic mass is 9.96. The van der Waals surface area contributed by atoms with Crippen LogP contribution in [0.4, 0.5) is 8.78 Å². The summed E-state index contributed by atoms with van der Waals surface area (Å²) >= 11 is 0. The number of aryl methyl sites for hydroxylation is 1. The summed E-state index contributed by atoms with van der Waals surface area (Å²) in [5.74, 6) is -0.951. The standard InChI is InChI=1S/C25H25F2N3O3S/c1-17-2-3-20(16-23(17)34(28,32)33)25(31)30-14-12-29(13-15-30)24(18-4-8-21(26)9-5-18)19-6-10-22(27)11-7-19/h2-11,16,24H,12-15H2,1H3,(H2,28,32,33). The minimum Gasteiger partial charge on any atom is -0.336 e. The van der Waals surface area contributed by atoms with Gasteiger partial charge in [0.05, 0.1) is 10.9 Å². The molecule has 1 heterocycles. The highest BCUT2D eigenvalue weighted by molar-refractivity contribution is 7.89. The zero-order valence-electron chi connectivity index (χ0n) is 18.6. The molecule has 178 valence electrons. The third-order valence-corrected chi connectivity index (χ3v) is 7.13. The topological polar surface area (TPSA) is 83.7 Å². The molecule has 1 saturated heterocycles. The number of piperazine rings is 1. The van der Waals surface area contributed by atoms with Crippen LogP contribution in [0.5, 0.6) is 0 Å². The van der Waals surface area contributed by atoms with E-state index in [0.717, 1.165) is 11.1 Å². The van der Waals surface area contributed by atoms with Crippen LogP contribution in [0.25, 0.3) is 0 Å². The summed E-state index contributed by atoms with van der Waals surface area (Å²) in [6.07, 6.45) is 0. The Morgan fingerprint density at radius 2 is 1.35 bits per heavy atom. The molecule has 0 unspecified atom stereocenters. The first-order valence-electron chi connectivity index (χ1n) is 10.8. The number of amides is 1. The van der Waals surface area contributed by atoms with E-state index in [2.05, 4.69) is 4.90 Å². The largest absolute Gasteiger partial charge is 0.336 e. The van der Waals surface area contributed by atoms with Crippen molar-refractivity contribution in [3.63, 3.8) is 0 Å². The van der Waals surface area contributed by atoms with Gasteiger partial charge in [0.15, 0.2) is 0 Å². The van der Waals surface area contributed by atoms with Gasteiger partial charge in [-0.2, -0.15) is 0 Å². The molecule has 0 radical (unpaired) electrons. The molecule has 0 atom stereocenters. The van der Waals surface area contributed by atoms with Crippen LogP contribution < -0.4 is 5.14 Å². The van der Waals surface area contributed by atoms with E-state index in [1.165, 1.54) is 30.3 Å². The molecule has 3 aromatic rings.